The molecule has 0 unspecified atom stereocenters. The topological polar surface area (TPSA) is 32.8 Å². The van der Waals surface area contributed by atoms with Gasteiger partial charge in [0.1, 0.15) is 11.2 Å². The summed E-state index contributed by atoms with van der Waals surface area (Å²) in [4.78, 5) is 5.00. The van der Waals surface area contributed by atoms with Crippen molar-refractivity contribution in [1.29, 1.82) is 0 Å². The van der Waals surface area contributed by atoms with E-state index in [1.165, 1.54) is 60.1 Å². The smallest absolute Gasteiger partial charge is 0.159 e. The fourth-order valence-corrected chi connectivity index (χ4v) is 12.2. The van der Waals surface area contributed by atoms with Gasteiger partial charge in [-0.3, -0.25) is 0 Å². The van der Waals surface area contributed by atoms with Crippen LogP contribution < -0.4 is 9.80 Å². The fourth-order valence-electron chi connectivity index (χ4n) is 12.2. The van der Waals surface area contributed by atoms with Crippen molar-refractivity contribution in [3.63, 3.8) is 0 Å². The molecule has 2 heterocycles. The number of para-hydroxylation sites is 4. The van der Waals surface area contributed by atoms with Crippen LogP contribution >= 0.6 is 0 Å². The molecule has 0 saturated heterocycles. The number of hydrogen-bond acceptors (Lipinski definition) is 4. The van der Waals surface area contributed by atoms with E-state index < -0.39 is 0 Å². The average Bonchev–Trinajstić information content (AvgIpc) is 3.95. The molecule has 0 aliphatic heterocycles. The Morgan fingerprint density at radius 2 is 0.931 bits per heavy atom. The summed E-state index contributed by atoms with van der Waals surface area (Å²) in [7, 11) is 0. The van der Waals surface area contributed by atoms with Gasteiger partial charge in [-0.25, -0.2) is 0 Å². The van der Waals surface area contributed by atoms with Gasteiger partial charge < -0.3 is 18.6 Å². The van der Waals surface area contributed by atoms with Crippen LogP contribution in [0.3, 0.4) is 0 Å². The second kappa shape index (κ2) is 15.7. The Morgan fingerprint density at radius 3 is 1.44 bits per heavy atom. The number of fused-ring (bicyclic) bond motifs is 6. The van der Waals surface area contributed by atoms with Gasteiger partial charge in [-0.15, -0.1) is 0 Å². The van der Waals surface area contributed by atoms with Crippen molar-refractivity contribution in [1.82, 2.24) is 0 Å². The van der Waals surface area contributed by atoms with Crippen LogP contribution in [0.5, 0.6) is 0 Å². The number of nitrogens with zero attached hydrogens (tertiary/aromatic N) is 2. The van der Waals surface area contributed by atoms with Crippen LogP contribution in [0.1, 0.15) is 109 Å². The molecular weight excluding hydrogens is 877 g/mol. The summed E-state index contributed by atoms with van der Waals surface area (Å²) in [6, 6.07) is 61.2. The van der Waals surface area contributed by atoms with Crippen LogP contribution in [0.15, 0.2) is 173 Å². The van der Waals surface area contributed by atoms with Crippen molar-refractivity contribution >= 4 is 110 Å². The minimum Gasteiger partial charge on any atom is -0.454 e. The van der Waals surface area contributed by atoms with Crippen molar-refractivity contribution in [2.24, 2.45) is 0 Å². The molecule has 0 spiro atoms. The summed E-state index contributed by atoms with van der Waals surface area (Å²) in [6.07, 6.45) is 2.02. The maximum Gasteiger partial charge on any atom is 0.159 e. The zero-order chi connectivity index (χ0) is 49.6. The van der Waals surface area contributed by atoms with Gasteiger partial charge in [0.2, 0.25) is 0 Å². The molecule has 0 radical (unpaired) electrons. The zero-order valence-electron chi connectivity index (χ0n) is 43.3. The lowest BCUT2D eigenvalue weighted by molar-refractivity contribution is 0.475. The molecular formula is C68H62N2O2. The van der Waals surface area contributed by atoms with Gasteiger partial charge in [0.25, 0.3) is 0 Å². The lowest BCUT2D eigenvalue weighted by atomic mass is 9.70. The number of aryl methyl sites for hydroxylation is 1. The van der Waals surface area contributed by atoms with E-state index in [1.807, 2.05) is 0 Å². The van der Waals surface area contributed by atoms with Crippen LogP contribution in [-0.2, 0) is 22.7 Å². The number of furan rings is 2. The van der Waals surface area contributed by atoms with Crippen LogP contribution in [0.25, 0.3) is 76.2 Å². The normalized spacial score (nSPS) is 14.1. The summed E-state index contributed by atoms with van der Waals surface area (Å²) in [5, 5.41) is 12.3. The molecule has 12 aromatic rings. The number of benzene rings is 10. The summed E-state index contributed by atoms with van der Waals surface area (Å²) in [5.41, 5.74) is 16.8. The first-order chi connectivity index (χ1) is 34.5. The third-order valence-electron chi connectivity index (χ3n) is 16.2. The largest absolute Gasteiger partial charge is 0.454 e. The molecule has 0 amide bonds. The molecule has 356 valence electrons. The average molecular weight is 939 g/mol. The van der Waals surface area contributed by atoms with E-state index in [2.05, 4.69) is 243 Å². The molecule has 0 bridgehead atoms. The van der Waals surface area contributed by atoms with E-state index in [0.717, 1.165) is 90.8 Å². The van der Waals surface area contributed by atoms with E-state index in [4.69, 9.17) is 8.83 Å². The van der Waals surface area contributed by atoms with Crippen molar-refractivity contribution < 1.29 is 8.83 Å². The molecule has 4 nitrogen and oxygen atoms in total. The molecule has 2 aromatic heterocycles. The minimum atomic E-state index is -0.0738. The molecule has 72 heavy (non-hydrogen) atoms. The zero-order valence-corrected chi connectivity index (χ0v) is 43.3. The Bertz CT molecular complexity index is 4110. The summed E-state index contributed by atoms with van der Waals surface area (Å²) in [6.45, 7) is 23.4. The van der Waals surface area contributed by atoms with Gasteiger partial charge >= 0.3 is 0 Å². The van der Waals surface area contributed by atoms with E-state index in [1.54, 1.807) is 0 Å². The van der Waals surface area contributed by atoms with E-state index in [0.29, 0.717) is 0 Å². The maximum atomic E-state index is 6.94. The molecule has 10 aromatic carbocycles. The summed E-state index contributed by atoms with van der Waals surface area (Å²) >= 11 is 0. The molecule has 1 aliphatic carbocycles. The predicted molar refractivity (Wildman–Crippen MR) is 307 cm³/mol. The van der Waals surface area contributed by atoms with E-state index >= 15 is 0 Å². The van der Waals surface area contributed by atoms with Crippen LogP contribution in [0.2, 0.25) is 0 Å². The molecule has 1 aliphatic rings. The lowest BCUT2D eigenvalue weighted by Gasteiger charge is -2.37. The predicted octanol–water partition coefficient (Wildman–Crippen LogP) is 20.3. The highest BCUT2D eigenvalue weighted by Crippen LogP contribution is 2.56. The highest BCUT2D eigenvalue weighted by atomic mass is 16.3. The first kappa shape index (κ1) is 44.4. The molecule has 4 heteroatoms. The van der Waals surface area contributed by atoms with Gasteiger partial charge in [-0.1, -0.05) is 166 Å². The first-order valence-corrected chi connectivity index (χ1v) is 26.0. The van der Waals surface area contributed by atoms with Gasteiger partial charge in [0, 0.05) is 49.1 Å². The van der Waals surface area contributed by atoms with Crippen molar-refractivity contribution in [2.75, 3.05) is 9.80 Å². The first-order valence-electron chi connectivity index (χ1n) is 26.0. The van der Waals surface area contributed by atoms with Gasteiger partial charge in [0.15, 0.2) is 11.2 Å². The van der Waals surface area contributed by atoms with Crippen LogP contribution in [-0.4, -0.2) is 0 Å². The molecule has 0 N–H and O–H groups in total. The standard InChI is InChI=1S/C68H62N2O2/c1-40(2)52-39-58(70(45-31-27-43(28-32-45)67(6,7)8)56-22-16-20-50-47-18-12-14-24-60(47)72-65(50)56)53-38-54-61-41(35-36-68(54,9)10)37-57(51-34-33-48(52)62(53)63(51)61)69(44-29-25-42(26-30-44)66(3,4)5)55-21-15-19-49-46-17-11-13-23-59(46)71-64(49)55/h11-34,37-40H,35-36H2,1-10H3. The Balaban J connectivity index is 1.17. The highest BCUT2D eigenvalue weighted by molar-refractivity contribution is 6.31. The Morgan fingerprint density at radius 1 is 0.444 bits per heavy atom. The molecule has 0 saturated carbocycles. The SMILES string of the molecule is CC(C)c1cc(N(c2ccc(C(C)(C)C)cc2)c2cccc3c2oc2ccccc23)c2cc3c4c(cc(N(c5ccc(C(C)(C)C)cc5)c5cccc6c5oc5ccccc56)c5ccc1c2c54)CCC3(C)C. The van der Waals surface area contributed by atoms with Gasteiger partial charge in [0.05, 0.1) is 22.7 Å². The third kappa shape index (κ3) is 6.71. The molecule has 0 fully saturated rings. The van der Waals surface area contributed by atoms with E-state index in [-0.39, 0.29) is 22.2 Å². The minimum absolute atomic E-state index is 0.00201. The quantitative estimate of drug-likeness (QED) is 0.149. The maximum absolute atomic E-state index is 6.94. The van der Waals surface area contributed by atoms with Crippen molar-refractivity contribution in [3.05, 3.63) is 192 Å². The second-order valence-corrected chi connectivity index (χ2v) is 23.6. The number of hydrogen-bond donors (Lipinski definition) is 0. The van der Waals surface area contributed by atoms with Gasteiger partial charge in [-0.2, -0.15) is 0 Å². The second-order valence-electron chi connectivity index (χ2n) is 23.6. The van der Waals surface area contributed by atoms with Crippen LogP contribution in [0, 0.1) is 0 Å². The van der Waals surface area contributed by atoms with Crippen molar-refractivity contribution in [2.45, 2.75) is 104 Å². The number of rotatable bonds is 7. The lowest BCUT2D eigenvalue weighted by Crippen LogP contribution is -2.24. The molecule has 0 atom stereocenters. The summed E-state index contributed by atoms with van der Waals surface area (Å²) in [5.74, 6) is 0.242. The Labute approximate surface area is 422 Å². The van der Waals surface area contributed by atoms with Crippen LogP contribution in [0.4, 0.5) is 34.1 Å². The Kier molecular flexibility index (Phi) is 9.69. The van der Waals surface area contributed by atoms with Gasteiger partial charge in [-0.05, 0) is 146 Å². The van der Waals surface area contributed by atoms with Crippen molar-refractivity contribution in [3.8, 4) is 0 Å². The fraction of sp³-hybridized carbons (Fsp3) is 0.235. The Hall–Kier alpha value is -7.56. The summed E-state index contributed by atoms with van der Waals surface area (Å²) < 4.78 is 13.9. The monoisotopic (exact) mass is 938 g/mol. The third-order valence-corrected chi connectivity index (χ3v) is 16.2. The molecule has 13 rings (SSSR count). The highest BCUT2D eigenvalue weighted by Gasteiger charge is 2.35. The number of anilines is 6. The van der Waals surface area contributed by atoms with E-state index in [9.17, 15) is 0 Å².